The van der Waals surface area contributed by atoms with Gasteiger partial charge < -0.3 is 9.84 Å². The van der Waals surface area contributed by atoms with Crippen LogP contribution in [0.15, 0.2) is 18.2 Å². The number of hydrogen-bond acceptors (Lipinski definition) is 3. The van der Waals surface area contributed by atoms with E-state index < -0.39 is 0 Å². The maximum atomic E-state index is 9.86. The molecule has 0 aliphatic carbocycles. The Balaban J connectivity index is 2.00. The lowest BCUT2D eigenvalue weighted by atomic mass is 9.98. The number of piperidine rings is 1. The number of aromatic hydroxyl groups is 1. The SMILES string of the molecule is COCC1CCCN(Cc2c(O)cccc2Cl)C1. The van der Waals surface area contributed by atoms with E-state index in [2.05, 4.69) is 4.90 Å². The average Bonchev–Trinajstić information content (AvgIpc) is 2.35. The van der Waals surface area contributed by atoms with Crippen LogP contribution in [0.1, 0.15) is 18.4 Å². The zero-order valence-electron chi connectivity index (χ0n) is 10.7. The number of phenolic OH excluding ortho intramolecular Hbond substituents is 1. The molecule has 18 heavy (non-hydrogen) atoms. The second-order valence-electron chi connectivity index (χ2n) is 4.94. The van der Waals surface area contributed by atoms with Crippen LogP contribution in [0.2, 0.25) is 5.02 Å². The van der Waals surface area contributed by atoms with E-state index in [0.29, 0.717) is 17.5 Å². The van der Waals surface area contributed by atoms with Crippen LogP contribution in [-0.2, 0) is 11.3 Å². The zero-order chi connectivity index (χ0) is 13.0. The summed E-state index contributed by atoms with van der Waals surface area (Å²) in [6, 6.07) is 5.29. The molecule has 1 N–H and O–H groups in total. The predicted molar refractivity (Wildman–Crippen MR) is 73.0 cm³/mol. The lowest BCUT2D eigenvalue weighted by Gasteiger charge is -2.32. The molecule has 1 saturated heterocycles. The number of halogens is 1. The molecule has 4 heteroatoms. The van der Waals surface area contributed by atoms with Gasteiger partial charge in [0.15, 0.2) is 0 Å². The molecular weight excluding hydrogens is 250 g/mol. The van der Waals surface area contributed by atoms with Crippen LogP contribution in [0.25, 0.3) is 0 Å². The molecule has 1 aliphatic rings. The van der Waals surface area contributed by atoms with E-state index in [0.717, 1.165) is 25.3 Å². The Labute approximate surface area is 113 Å². The van der Waals surface area contributed by atoms with Crippen molar-refractivity contribution in [3.8, 4) is 5.75 Å². The van der Waals surface area contributed by atoms with Crippen molar-refractivity contribution in [2.75, 3.05) is 26.8 Å². The van der Waals surface area contributed by atoms with Gasteiger partial charge in [0.1, 0.15) is 5.75 Å². The van der Waals surface area contributed by atoms with Gasteiger partial charge in [-0.05, 0) is 37.4 Å². The van der Waals surface area contributed by atoms with Crippen molar-refractivity contribution in [3.05, 3.63) is 28.8 Å². The van der Waals surface area contributed by atoms with Crippen LogP contribution in [0.4, 0.5) is 0 Å². The standard InChI is InChI=1S/C14H20ClNO2/c1-18-10-11-4-3-7-16(8-11)9-12-13(15)5-2-6-14(12)17/h2,5-6,11,17H,3-4,7-10H2,1H3. The lowest BCUT2D eigenvalue weighted by molar-refractivity contribution is 0.0870. The number of methoxy groups -OCH3 is 1. The summed E-state index contributed by atoms with van der Waals surface area (Å²) in [6.07, 6.45) is 2.40. The minimum Gasteiger partial charge on any atom is -0.508 e. The monoisotopic (exact) mass is 269 g/mol. The summed E-state index contributed by atoms with van der Waals surface area (Å²) in [6.45, 7) is 3.60. The number of benzene rings is 1. The minimum absolute atomic E-state index is 0.288. The van der Waals surface area contributed by atoms with E-state index >= 15 is 0 Å². The van der Waals surface area contributed by atoms with Crippen molar-refractivity contribution in [2.45, 2.75) is 19.4 Å². The van der Waals surface area contributed by atoms with Gasteiger partial charge in [-0.15, -0.1) is 0 Å². The second-order valence-corrected chi connectivity index (χ2v) is 5.34. The highest BCUT2D eigenvalue weighted by atomic mass is 35.5. The average molecular weight is 270 g/mol. The van der Waals surface area contributed by atoms with Crippen LogP contribution < -0.4 is 0 Å². The highest BCUT2D eigenvalue weighted by molar-refractivity contribution is 6.31. The highest BCUT2D eigenvalue weighted by Gasteiger charge is 2.21. The van der Waals surface area contributed by atoms with E-state index in [1.54, 1.807) is 19.2 Å². The van der Waals surface area contributed by atoms with Gasteiger partial charge in [0.2, 0.25) is 0 Å². The summed E-state index contributed by atoms with van der Waals surface area (Å²) in [5.74, 6) is 0.879. The number of likely N-dealkylation sites (tertiary alicyclic amines) is 1. The molecule has 1 aliphatic heterocycles. The Morgan fingerprint density at radius 1 is 1.50 bits per heavy atom. The third-order valence-corrected chi connectivity index (χ3v) is 3.84. The van der Waals surface area contributed by atoms with Gasteiger partial charge in [-0.3, -0.25) is 4.90 Å². The second kappa shape index (κ2) is 6.41. The molecule has 2 rings (SSSR count). The van der Waals surface area contributed by atoms with Crippen molar-refractivity contribution < 1.29 is 9.84 Å². The summed E-state index contributed by atoms with van der Waals surface area (Å²) in [4.78, 5) is 2.34. The van der Waals surface area contributed by atoms with E-state index in [9.17, 15) is 5.11 Å². The summed E-state index contributed by atoms with van der Waals surface area (Å²) in [5.41, 5.74) is 0.831. The van der Waals surface area contributed by atoms with E-state index in [1.165, 1.54) is 12.8 Å². The molecule has 0 saturated carbocycles. The third-order valence-electron chi connectivity index (χ3n) is 3.48. The maximum absolute atomic E-state index is 9.86. The number of phenols is 1. The molecule has 0 amide bonds. The van der Waals surface area contributed by atoms with Gasteiger partial charge in [0.05, 0.1) is 6.61 Å². The predicted octanol–water partition coefficient (Wildman–Crippen LogP) is 2.90. The summed E-state index contributed by atoms with van der Waals surface area (Å²) < 4.78 is 5.23. The topological polar surface area (TPSA) is 32.7 Å². The van der Waals surface area contributed by atoms with Gasteiger partial charge >= 0.3 is 0 Å². The molecule has 1 fully saturated rings. The first-order chi connectivity index (χ1) is 8.70. The Morgan fingerprint density at radius 2 is 2.33 bits per heavy atom. The molecule has 100 valence electrons. The van der Waals surface area contributed by atoms with Crippen molar-refractivity contribution >= 4 is 11.6 Å². The van der Waals surface area contributed by atoms with Crippen molar-refractivity contribution in [1.82, 2.24) is 4.90 Å². The summed E-state index contributed by atoms with van der Waals surface area (Å²) in [5, 5.41) is 10.5. The molecule has 0 aromatic heterocycles. The molecular formula is C14H20ClNO2. The van der Waals surface area contributed by atoms with Crippen LogP contribution in [0.5, 0.6) is 5.75 Å². The van der Waals surface area contributed by atoms with Crippen molar-refractivity contribution in [2.24, 2.45) is 5.92 Å². The molecule has 1 atom stereocenters. The van der Waals surface area contributed by atoms with Gasteiger partial charge in [-0.25, -0.2) is 0 Å². The van der Waals surface area contributed by atoms with Gasteiger partial charge in [-0.2, -0.15) is 0 Å². The fourth-order valence-electron chi connectivity index (χ4n) is 2.59. The molecule has 1 unspecified atom stereocenters. The van der Waals surface area contributed by atoms with Crippen LogP contribution in [-0.4, -0.2) is 36.8 Å². The fourth-order valence-corrected chi connectivity index (χ4v) is 2.82. The number of rotatable bonds is 4. The van der Waals surface area contributed by atoms with Crippen molar-refractivity contribution in [1.29, 1.82) is 0 Å². The first kappa shape index (κ1) is 13.7. The van der Waals surface area contributed by atoms with Gasteiger partial charge in [-0.1, -0.05) is 17.7 Å². The number of ether oxygens (including phenoxy) is 1. The van der Waals surface area contributed by atoms with Crippen LogP contribution >= 0.6 is 11.6 Å². The Kier molecular flexibility index (Phi) is 4.87. The molecule has 1 aromatic carbocycles. The first-order valence-electron chi connectivity index (χ1n) is 6.38. The lowest BCUT2D eigenvalue weighted by Crippen LogP contribution is -2.36. The van der Waals surface area contributed by atoms with Gasteiger partial charge in [0, 0.05) is 30.8 Å². The quantitative estimate of drug-likeness (QED) is 0.912. The Hall–Kier alpha value is -0.770. The zero-order valence-corrected chi connectivity index (χ0v) is 11.5. The third kappa shape index (κ3) is 3.37. The fraction of sp³-hybridized carbons (Fsp3) is 0.571. The van der Waals surface area contributed by atoms with E-state index in [4.69, 9.17) is 16.3 Å². The Bertz CT molecular complexity index is 375. The highest BCUT2D eigenvalue weighted by Crippen LogP contribution is 2.28. The molecule has 1 aromatic rings. The van der Waals surface area contributed by atoms with E-state index in [-0.39, 0.29) is 5.75 Å². The number of hydrogen-bond donors (Lipinski definition) is 1. The molecule has 0 radical (unpaired) electrons. The molecule has 1 heterocycles. The van der Waals surface area contributed by atoms with E-state index in [1.807, 2.05) is 6.07 Å². The van der Waals surface area contributed by atoms with Gasteiger partial charge in [0.25, 0.3) is 0 Å². The summed E-state index contributed by atoms with van der Waals surface area (Å²) in [7, 11) is 1.75. The van der Waals surface area contributed by atoms with Crippen LogP contribution in [0.3, 0.4) is 0 Å². The minimum atomic E-state index is 0.288. The number of nitrogens with zero attached hydrogens (tertiary/aromatic N) is 1. The van der Waals surface area contributed by atoms with Crippen LogP contribution in [0, 0.1) is 5.92 Å². The molecule has 0 spiro atoms. The summed E-state index contributed by atoms with van der Waals surface area (Å²) >= 11 is 6.13. The smallest absolute Gasteiger partial charge is 0.121 e. The molecule has 3 nitrogen and oxygen atoms in total. The Morgan fingerprint density at radius 3 is 3.06 bits per heavy atom. The van der Waals surface area contributed by atoms with Crippen molar-refractivity contribution in [3.63, 3.8) is 0 Å². The molecule has 0 bridgehead atoms. The first-order valence-corrected chi connectivity index (χ1v) is 6.76. The maximum Gasteiger partial charge on any atom is 0.121 e. The largest absolute Gasteiger partial charge is 0.508 e. The normalized spacial score (nSPS) is 21.1.